The SMILES string of the molecule is Cc1nc2sccn2c1-c1csc(NC(=O)[C@@H]2CCCN2C(=O)OCc2ccccc2)n1. The minimum absolute atomic E-state index is 0.183. The van der Waals surface area contributed by atoms with Gasteiger partial charge in [0.2, 0.25) is 5.91 Å². The third-order valence-corrected chi connectivity index (χ3v) is 6.92. The van der Waals surface area contributed by atoms with Crippen molar-refractivity contribution in [2.24, 2.45) is 0 Å². The third kappa shape index (κ3) is 3.98. The zero-order valence-corrected chi connectivity index (χ0v) is 19.0. The van der Waals surface area contributed by atoms with Crippen LogP contribution in [-0.4, -0.2) is 43.9 Å². The number of carbonyl (C=O) groups is 2. The second-order valence-corrected chi connectivity index (χ2v) is 9.25. The van der Waals surface area contributed by atoms with Crippen molar-refractivity contribution in [3.05, 3.63) is 58.5 Å². The number of aryl methyl sites for hydroxylation is 1. The zero-order chi connectivity index (χ0) is 22.1. The molecule has 0 bridgehead atoms. The topological polar surface area (TPSA) is 88.8 Å². The molecule has 5 rings (SSSR count). The van der Waals surface area contributed by atoms with Crippen LogP contribution in [0.15, 0.2) is 47.3 Å². The molecule has 1 aliphatic rings. The van der Waals surface area contributed by atoms with Crippen molar-refractivity contribution < 1.29 is 14.3 Å². The lowest BCUT2D eigenvalue weighted by atomic mass is 10.2. The van der Waals surface area contributed by atoms with Crippen LogP contribution in [0.2, 0.25) is 0 Å². The van der Waals surface area contributed by atoms with Crippen molar-refractivity contribution in [3.63, 3.8) is 0 Å². The van der Waals surface area contributed by atoms with E-state index in [-0.39, 0.29) is 12.5 Å². The highest BCUT2D eigenvalue weighted by Gasteiger charge is 2.35. The van der Waals surface area contributed by atoms with E-state index in [0.717, 1.165) is 34.0 Å². The number of fused-ring (bicyclic) bond motifs is 1. The van der Waals surface area contributed by atoms with Crippen molar-refractivity contribution in [1.29, 1.82) is 0 Å². The van der Waals surface area contributed by atoms with Crippen LogP contribution in [0.1, 0.15) is 24.1 Å². The summed E-state index contributed by atoms with van der Waals surface area (Å²) in [6.45, 7) is 2.63. The summed E-state index contributed by atoms with van der Waals surface area (Å²) in [5.41, 5.74) is 3.48. The Bertz CT molecular complexity index is 1260. The standard InChI is InChI=1S/C22H21N5O3S2/c1-14-18(27-10-11-31-21(27)23-14)16-13-32-20(24-16)25-19(28)17-8-5-9-26(17)22(29)30-12-15-6-3-2-4-7-15/h2-4,6-7,10-11,13,17H,5,8-9,12H2,1H3,(H,24,25,28)/t17-/m0/s1. The smallest absolute Gasteiger partial charge is 0.410 e. The molecule has 0 spiro atoms. The summed E-state index contributed by atoms with van der Waals surface area (Å²) in [6.07, 6.45) is 2.85. The van der Waals surface area contributed by atoms with Gasteiger partial charge in [0.05, 0.1) is 11.4 Å². The summed E-state index contributed by atoms with van der Waals surface area (Å²) in [6, 6.07) is 8.93. The quantitative estimate of drug-likeness (QED) is 0.465. The molecule has 1 saturated heterocycles. The Morgan fingerprint density at radius 1 is 1.22 bits per heavy atom. The molecule has 0 aliphatic carbocycles. The highest BCUT2D eigenvalue weighted by Crippen LogP contribution is 2.30. The maximum atomic E-state index is 12.9. The summed E-state index contributed by atoms with van der Waals surface area (Å²) in [5.74, 6) is -0.245. The Balaban J connectivity index is 1.25. The van der Waals surface area contributed by atoms with Crippen LogP contribution in [0.5, 0.6) is 0 Å². The summed E-state index contributed by atoms with van der Waals surface area (Å²) < 4.78 is 7.43. The minimum atomic E-state index is -0.564. The molecule has 0 saturated carbocycles. The first-order valence-electron chi connectivity index (χ1n) is 10.3. The number of hydrogen-bond acceptors (Lipinski definition) is 7. The molecule has 8 nitrogen and oxygen atoms in total. The molecule has 32 heavy (non-hydrogen) atoms. The molecule has 1 aliphatic heterocycles. The maximum absolute atomic E-state index is 12.9. The number of amides is 2. The molecule has 1 atom stereocenters. The van der Waals surface area contributed by atoms with Crippen LogP contribution >= 0.6 is 22.7 Å². The van der Waals surface area contributed by atoms with Gasteiger partial charge in [-0.1, -0.05) is 30.3 Å². The van der Waals surface area contributed by atoms with Gasteiger partial charge in [0.1, 0.15) is 18.3 Å². The normalized spacial score (nSPS) is 15.9. The Morgan fingerprint density at radius 3 is 2.91 bits per heavy atom. The number of rotatable bonds is 5. The van der Waals surface area contributed by atoms with Gasteiger partial charge in [-0.15, -0.1) is 22.7 Å². The molecule has 4 aromatic rings. The number of nitrogens with one attached hydrogen (secondary N) is 1. The molecular formula is C22H21N5O3S2. The van der Waals surface area contributed by atoms with Gasteiger partial charge in [-0.25, -0.2) is 14.8 Å². The second kappa shape index (κ2) is 8.71. The first kappa shape index (κ1) is 20.7. The van der Waals surface area contributed by atoms with Gasteiger partial charge in [-0.3, -0.25) is 14.1 Å². The molecule has 0 unspecified atom stereocenters. The predicted octanol–water partition coefficient (Wildman–Crippen LogP) is 4.57. The van der Waals surface area contributed by atoms with Crippen molar-refractivity contribution >= 4 is 44.8 Å². The van der Waals surface area contributed by atoms with Gasteiger partial charge in [-0.2, -0.15) is 0 Å². The van der Waals surface area contributed by atoms with Crippen LogP contribution in [0.25, 0.3) is 16.3 Å². The van der Waals surface area contributed by atoms with E-state index in [1.54, 1.807) is 11.3 Å². The van der Waals surface area contributed by atoms with Crippen molar-refractivity contribution in [2.75, 3.05) is 11.9 Å². The van der Waals surface area contributed by atoms with Gasteiger partial charge in [-0.05, 0) is 25.3 Å². The van der Waals surface area contributed by atoms with Crippen LogP contribution in [0.3, 0.4) is 0 Å². The summed E-state index contributed by atoms with van der Waals surface area (Å²) in [7, 11) is 0. The first-order chi connectivity index (χ1) is 15.6. The van der Waals surface area contributed by atoms with E-state index in [4.69, 9.17) is 4.74 Å². The number of likely N-dealkylation sites (tertiary alicyclic amines) is 1. The zero-order valence-electron chi connectivity index (χ0n) is 17.4. The Morgan fingerprint density at radius 2 is 2.06 bits per heavy atom. The second-order valence-electron chi connectivity index (χ2n) is 7.52. The van der Waals surface area contributed by atoms with E-state index in [9.17, 15) is 9.59 Å². The molecule has 4 heterocycles. The van der Waals surface area contributed by atoms with E-state index >= 15 is 0 Å². The molecule has 3 aromatic heterocycles. The van der Waals surface area contributed by atoms with E-state index in [2.05, 4.69) is 15.3 Å². The van der Waals surface area contributed by atoms with E-state index in [1.165, 1.54) is 16.2 Å². The molecule has 1 fully saturated rings. The Kier molecular flexibility index (Phi) is 5.62. The minimum Gasteiger partial charge on any atom is -0.445 e. The number of benzene rings is 1. The summed E-state index contributed by atoms with van der Waals surface area (Å²) in [5, 5.41) is 7.26. The Labute approximate surface area is 192 Å². The number of nitrogens with zero attached hydrogens (tertiary/aromatic N) is 4. The number of aromatic nitrogens is 3. The van der Waals surface area contributed by atoms with E-state index in [0.29, 0.717) is 18.1 Å². The van der Waals surface area contributed by atoms with Gasteiger partial charge in [0.25, 0.3) is 0 Å². The van der Waals surface area contributed by atoms with Crippen LogP contribution in [0.4, 0.5) is 9.93 Å². The maximum Gasteiger partial charge on any atom is 0.410 e. The molecule has 2 amide bonds. The molecule has 1 N–H and O–H groups in total. The summed E-state index contributed by atoms with van der Waals surface area (Å²) >= 11 is 2.92. The molecular weight excluding hydrogens is 446 g/mol. The number of thiazole rings is 2. The fourth-order valence-corrected chi connectivity index (χ4v) is 5.35. The number of imidazole rings is 1. The van der Waals surface area contributed by atoms with Crippen LogP contribution in [-0.2, 0) is 16.1 Å². The molecule has 1 aromatic carbocycles. The highest BCUT2D eigenvalue weighted by atomic mass is 32.1. The number of hydrogen-bond donors (Lipinski definition) is 1. The lowest BCUT2D eigenvalue weighted by Crippen LogP contribution is -2.43. The average molecular weight is 468 g/mol. The van der Waals surface area contributed by atoms with Crippen molar-refractivity contribution in [2.45, 2.75) is 32.4 Å². The molecule has 10 heteroatoms. The fraction of sp³-hybridized carbons (Fsp3) is 0.273. The first-order valence-corrected chi connectivity index (χ1v) is 12.0. The summed E-state index contributed by atoms with van der Waals surface area (Å²) in [4.78, 5) is 37.1. The lowest BCUT2D eigenvalue weighted by Gasteiger charge is -2.22. The highest BCUT2D eigenvalue weighted by molar-refractivity contribution is 7.15. The molecule has 164 valence electrons. The van der Waals surface area contributed by atoms with Gasteiger partial charge in [0, 0.05) is 23.5 Å². The van der Waals surface area contributed by atoms with Crippen LogP contribution in [0, 0.1) is 6.92 Å². The van der Waals surface area contributed by atoms with E-state index < -0.39 is 12.1 Å². The monoisotopic (exact) mass is 467 g/mol. The number of anilines is 1. The van der Waals surface area contributed by atoms with Crippen molar-refractivity contribution in [1.82, 2.24) is 19.3 Å². The largest absolute Gasteiger partial charge is 0.445 e. The number of carbonyl (C=O) groups excluding carboxylic acids is 2. The van der Waals surface area contributed by atoms with Crippen LogP contribution < -0.4 is 5.32 Å². The number of ether oxygens (including phenoxy) is 1. The fourth-order valence-electron chi connectivity index (χ4n) is 3.89. The van der Waals surface area contributed by atoms with E-state index in [1.807, 2.05) is 58.6 Å². The average Bonchev–Trinajstić information content (AvgIpc) is 3.57. The predicted molar refractivity (Wildman–Crippen MR) is 124 cm³/mol. The Hall–Kier alpha value is -3.24. The lowest BCUT2D eigenvalue weighted by molar-refractivity contribution is -0.120. The van der Waals surface area contributed by atoms with Gasteiger partial charge in [0.15, 0.2) is 10.1 Å². The molecule has 0 radical (unpaired) electrons. The van der Waals surface area contributed by atoms with Gasteiger partial charge < -0.3 is 10.1 Å². The van der Waals surface area contributed by atoms with Gasteiger partial charge >= 0.3 is 6.09 Å². The van der Waals surface area contributed by atoms with Crippen molar-refractivity contribution in [3.8, 4) is 11.4 Å². The third-order valence-electron chi connectivity index (χ3n) is 5.41.